The van der Waals surface area contributed by atoms with Crippen molar-refractivity contribution in [3.05, 3.63) is 83.9 Å². The lowest BCUT2D eigenvalue weighted by molar-refractivity contribution is -0.135. The third-order valence-electron chi connectivity index (χ3n) is 5.19. The van der Waals surface area contributed by atoms with Crippen LogP contribution in [0, 0.1) is 13.8 Å². The second kappa shape index (κ2) is 15.7. The Morgan fingerprint density at radius 2 is 1.00 bits per heavy atom. The van der Waals surface area contributed by atoms with Gasteiger partial charge in [0.15, 0.2) is 0 Å². The fraction of sp³-hybridized carbons (Fsp3) is 0.214. The quantitative estimate of drug-likeness (QED) is 0.0921. The number of rotatable bonds is 10. The number of aryl methyl sites for hydroxylation is 2. The number of carbonyl (C=O) groups excluding carboxylic acids is 2. The number of thioether (sulfide) groups is 2. The van der Waals surface area contributed by atoms with E-state index in [1.165, 1.54) is 0 Å². The summed E-state index contributed by atoms with van der Waals surface area (Å²) < 4.78 is 71.1. The zero-order chi connectivity index (χ0) is 32.3. The number of nitrogens with zero attached hydrogens (tertiary/aromatic N) is 2. The fourth-order valence-electron chi connectivity index (χ4n) is 3.05. The van der Waals surface area contributed by atoms with Crippen molar-refractivity contribution in [1.29, 1.82) is 0 Å². The number of esters is 2. The molecule has 0 saturated heterocycles. The standard InChI is InChI=1S/C28H28N2O10S4/c1-5-37-27(31)25(41-21-14-10-19(3)11-15-21)29-39-43(33,34)23-8-7-9-24(18-23)44(35,36)40-30-26(28(32)38-6-2)42-22-16-12-20(4)13-17-22/h7-18H,5-6H2,1-4H3. The Labute approximate surface area is 264 Å². The maximum absolute atomic E-state index is 12.9. The molecule has 0 aromatic heterocycles. The van der Waals surface area contributed by atoms with Crippen molar-refractivity contribution in [2.45, 2.75) is 47.3 Å². The largest absolute Gasteiger partial charge is 0.461 e. The summed E-state index contributed by atoms with van der Waals surface area (Å²) in [6, 6.07) is 18.0. The first-order valence-electron chi connectivity index (χ1n) is 12.8. The van der Waals surface area contributed by atoms with Crippen molar-refractivity contribution >= 4 is 65.8 Å². The average Bonchev–Trinajstić information content (AvgIpc) is 2.99. The Balaban J connectivity index is 1.85. The number of hydrogen-bond donors (Lipinski definition) is 0. The van der Waals surface area contributed by atoms with Gasteiger partial charge >= 0.3 is 32.2 Å². The van der Waals surface area contributed by atoms with Crippen LogP contribution in [0.1, 0.15) is 25.0 Å². The van der Waals surface area contributed by atoms with Crippen LogP contribution in [0.5, 0.6) is 0 Å². The van der Waals surface area contributed by atoms with Gasteiger partial charge in [-0.25, -0.2) is 9.59 Å². The topological polar surface area (TPSA) is 164 Å². The van der Waals surface area contributed by atoms with Gasteiger partial charge in [0.1, 0.15) is 9.79 Å². The number of benzene rings is 3. The molecule has 0 radical (unpaired) electrons. The normalized spacial score (nSPS) is 12.4. The van der Waals surface area contributed by atoms with Gasteiger partial charge in [-0.05, 0) is 70.2 Å². The lowest BCUT2D eigenvalue weighted by Crippen LogP contribution is -2.16. The first kappa shape index (κ1) is 34.6. The molecule has 0 bridgehead atoms. The summed E-state index contributed by atoms with van der Waals surface area (Å²) in [6.07, 6.45) is 0. The van der Waals surface area contributed by atoms with Crippen LogP contribution in [0.4, 0.5) is 0 Å². The van der Waals surface area contributed by atoms with Crippen LogP contribution in [0.3, 0.4) is 0 Å². The molecule has 44 heavy (non-hydrogen) atoms. The van der Waals surface area contributed by atoms with Gasteiger partial charge < -0.3 is 9.47 Å². The molecule has 0 unspecified atom stereocenters. The fourth-order valence-corrected chi connectivity index (χ4v) is 6.20. The van der Waals surface area contributed by atoms with E-state index in [1.54, 1.807) is 62.4 Å². The summed E-state index contributed by atoms with van der Waals surface area (Å²) in [4.78, 5) is 24.7. The second-order valence-electron chi connectivity index (χ2n) is 8.60. The zero-order valence-corrected chi connectivity index (χ0v) is 27.2. The summed E-state index contributed by atoms with van der Waals surface area (Å²) >= 11 is 1.64. The highest BCUT2D eigenvalue weighted by Gasteiger charge is 2.25. The molecule has 0 aliphatic carbocycles. The number of ether oxygens (including phenoxy) is 2. The summed E-state index contributed by atoms with van der Waals surface area (Å²) in [5.74, 6) is -1.84. The van der Waals surface area contributed by atoms with Crippen LogP contribution in [-0.4, -0.2) is 52.1 Å². The molecule has 234 valence electrons. The Morgan fingerprint density at radius 1 is 0.636 bits per heavy atom. The summed E-state index contributed by atoms with van der Waals surface area (Å²) in [6.45, 7) is 6.89. The molecule has 0 heterocycles. The lowest BCUT2D eigenvalue weighted by Gasteiger charge is -2.08. The molecule has 0 fully saturated rings. The van der Waals surface area contributed by atoms with E-state index in [1.807, 2.05) is 13.8 Å². The van der Waals surface area contributed by atoms with Gasteiger partial charge in [-0.1, -0.05) is 75.3 Å². The summed E-state index contributed by atoms with van der Waals surface area (Å²) in [5, 5.41) is 6.20. The highest BCUT2D eigenvalue weighted by atomic mass is 32.2. The first-order valence-corrected chi connectivity index (χ1v) is 17.3. The van der Waals surface area contributed by atoms with Crippen LogP contribution < -0.4 is 0 Å². The van der Waals surface area contributed by atoms with E-state index in [4.69, 9.17) is 18.0 Å². The zero-order valence-electron chi connectivity index (χ0n) is 24.0. The molecule has 16 heteroatoms. The molecule has 0 N–H and O–H groups in total. The minimum Gasteiger partial charge on any atom is -0.461 e. The maximum Gasteiger partial charge on any atom is 0.367 e. The van der Waals surface area contributed by atoms with E-state index in [0.29, 0.717) is 9.79 Å². The van der Waals surface area contributed by atoms with E-state index in [9.17, 15) is 26.4 Å². The molecule has 0 atom stereocenters. The Hall–Kier alpha value is -3.86. The smallest absolute Gasteiger partial charge is 0.367 e. The average molecular weight is 681 g/mol. The van der Waals surface area contributed by atoms with Gasteiger partial charge in [-0.3, -0.25) is 8.57 Å². The molecule has 3 rings (SSSR count). The van der Waals surface area contributed by atoms with E-state index in [0.717, 1.165) is 58.9 Å². The van der Waals surface area contributed by atoms with Crippen molar-refractivity contribution in [2.24, 2.45) is 10.3 Å². The predicted octanol–water partition coefficient (Wildman–Crippen LogP) is 5.05. The van der Waals surface area contributed by atoms with Gasteiger partial charge in [-0.15, -0.1) is 0 Å². The third kappa shape index (κ3) is 10.1. The predicted molar refractivity (Wildman–Crippen MR) is 165 cm³/mol. The minimum absolute atomic E-state index is 0.00283. The van der Waals surface area contributed by atoms with Crippen molar-refractivity contribution < 1.29 is 44.5 Å². The van der Waals surface area contributed by atoms with Crippen LogP contribution in [0.15, 0.2) is 103 Å². The number of oxime groups is 2. The van der Waals surface area contributed by atoms with E-state index >= 15 is 0 Å². The van der Waals surface area contributed by atoms with E-state index < -0.39 is 52.1 Å². The minimum atomic E-state index is -4.72. The molecule has 0 aliphatic rings. The lowest BCUT2D eigenvalue weighted by atomic mass is 10.2. The molecular weight excluding hydrogens is 653 g/mol. The SMILES string of the molecule is CCOC(=O)C(=NOS(=O)(=O)c1cccc(S(=O)(=O)ON=C(Sc2ccc(C)cc2)C(=O)OCC)c1)Sc1ccc(C)cc1. The molecule has 12 nitrogen and oxygen atoms in total. The van der Waals surface area contributed by atoms with Crippen LogP contribution in [-0.2, 0) is 47.9 Å². The molecule has 0 saturated carbocycles. The highest BCUT2D eigenvalue weighted by Crippen LogP contribution is 2.25. The monoisotopic (exact) mass is 680 g/mol. The van der Waals surface area contributed by atoms with Crippen molar-refractivity contribution in [2.75, 3.05) is 13.2 Å². The third-order valence-corrected chi connectivity index (χ3v) is 9.28. The Morgan fingerprint density at radius 3 is 1.34 bits per heavy atom. The molecular formula is C28H28N2O10S4. The number of hydrogen-bond acceptors (Lipinski definition) is 14. The van der Waals surface area contributed by atoms with Crippen molar-refractivity contribution in [1.82, 2.24) is 0 Å². The van der Waals surface area contributed by atoms with E-state index in [-0.39, 0.29) is 13.2 Å². The van der Waals surface area contributed by atoms with Crippen LogP contribution >= 0.6 is 23.5 Å². The summed E-state index contributed by atoms with van der Waals surface area (Å²) in [5.41, 5.74) is 1.93. The van der Waals surface area contributed by atoms with Crippen molar-refractivity contribution in [3.8, 4) is 0 Å². The molecule has 0 spiro atoms. The van der Waals surface area contributed by atoms with Gasteiger partial charge in [-0.2, -0.15) is 16.8 Å². The second-order valence-corrected chi connectivity index (χ2v) is 13.8. The van der Waals surface area contributed by atoms with Gasteiger partial charge in [0, 0.05) is 9.79 Å². The van der Waals surface area contributed by atoms with Gasteiger partial charge in [0.25, 0.3) is 0 Å². The number of carbonyl (C=O) groups is 2. The van der Waals surface area contributed by atoms with E-state index in [2.05, 4.69) is 10.3 Å². The molecule has 0 amide bonds. The molecule has 3 aromatic carbocycles. The first-order chi connectivity index (χ1) is 20.8. The van der Waals surface area contributed by atoms with Crippen molar-refractivity contribution in [3.63, 3.8) is 0 Å². The van der Waals surface area contributed by atoms with Gasteiger partial charge in [0.05, 0.1) is 13.2 Å². The Bertz CT molecular complexity index is 1630. The van der Waals surface area contributed by atoms with Gasteiger partial charge in [0.2, 0.25) is 10.1 Å². The van der Waals surface area contributed by atoms with Crippen LogP contribution in [0.2, 0.25) is 0 Å². The molecule has 3 aromatic rings. The van der Waals surface area contributed by atoms with Crippen LogP contribution in [0.25, 0.3) is 0 Å². The highest BCUT2D eigenvalue weighted by molar-refractivity contribution is 8.16. The summed E-state index contributed by atoms with van der Waals surface area (Å²) in [7, 11) is -9.45. The maximum atomic E-state index is 12.9. The Kier molecular flexibility index (Phi) is 12.4. The molecule has 0 aliphatic heterocycles.